The maximum absolute atomic E-state index is 11.9. The maximum Gasteiger partial charge on any atom is 1.00 e. The Hall–Kier alpha value is -1.52. The standard InChI is InChI=1S/C56H86O41S.Na/c57-6-16-41-25(66)33(74)49(82-16)91-42-17(7-58)84-51(35(76)27(42)68)93-44-19(9-60)86-53(37(78)29(44)70)95-46-21(11-62)88-55(39(80)31(46)72)97-48-23(13-98-15-3-1-14(2-4-15)5-24(64)65)89-56(40(81)32(48)73)96-47-22(12-63)87-54(38(79)30(47)71)94-45-20(10-61)85-52(36(77)28(45)69)92-43-18(8-59)83-50(90-41)34(75)26(43)67;/h1-4,16-23,25-63,66-81H,5-13H2,(H,64,65);/q;+1/p-1/t16?,17?,18?,19?,20?,21?,22?,23?,25?,26?,27?,28?,29?,30?,31?,32?,33?,34?,35?,36?,37?,38?,39?,40?,41-,42-,43-,44-,45-,46-,47-,48-,49-,50-,51-,52-,53-,54-,55-,56-;/m1./s1. The van der Waals surface area contributed by atoms with E-state index >= 15 is 0 Å². The number of benzene rings is 1. The molecule has 30 saturated heterocycles. The van der Waals surface area contributed by atoms with E-state index in [1.807, 2.05) is 0 Å². The van der Waals surface area contributed by atoms with Crippen molar-refractivity contribution in [2.75, 3.05) is 52.0 Å². The molecule has 41 nitrogen and oxygen atoms in total. The van der Waals surface area contributed by atoms with E-state index in [0.29, 0.717) is 10.5 Å². The van der Waals surface area contributed by atoms with Crippen LogP contribution in [-0.2, 0) is 87.0 Å². The monoisotopic (exact) mass is 1470 g/mol. The number of carboxylic acids is 1. The summed E-state index contributed by atoms with van der Waals surface area (Å²) in [5, 5.41) is 270. The van der Waals surface area contributed by atoms with Gasteiger partial charge in [0, 0.05) is 23.0 Å². The van der Waals surface area contributed by atoms with E-state index in [1.165, 1.54) is 24.3 Å². The molecule has 1 aromatic carbocycles. The maximum atomic E-state index is 11.9. The van der Waals surface area contributed by atoms with Crippen LogP contribution in [0, 0.1) is 0 Å². The molecule has 99 heavy (non-hydrogen) atoms. The quantitative estimate of drug-likeness (QED) is 0.0682. The molecule has 0 spiro atoms. The molecular formula is C56H85NaO41S. The molecule has 562 valence electrons. The van der Waals surface area contributed by atoms with Gasteiger partial charge in [-0.15, -0.1) is 11.8 Å². The third-order valence-corrected chi connectivity index (χ3v) is 19.5. The van der Waals surface area contributed by atoms with Crippen LogP contribution in [0.3, 0.4) is 0 Å². The predicted octanol–water partition coefficient (Wildman–Crippen LogP) is -19.3. The second kappa shape index (κ2) is 35.5. The Morgan fingerprint density at radius 2 is 0.455 bits per heavy atom. The third-order valence-electron chi connectivity index (χ3n) is 18.4. The summed E-state index contributed by atoms with van der Waals surface area (Å²) in [4.78, 5) is 11.7. The van der Waals surface area contributed by atoms with E-state index in [9.17, 15) is 127 Å². The van der Waals surface area contributed by atoms with Crippen molar-refractivity contribution in [3.05, 3.63) is 29.8 Å². The molecule has 31 rings (SSSR count). The van der Waals surface area contributed by atoms with Gasteiger partial charge in [-0.1, -0.05) is 12.1 Å². The molecule has 0 saturated carbocycles. The van der Waals surface area contributed by atoms with Gasteiger partial charge in [0.15, 0.2) is 50.3 Å². The number of aliphatic carboxylic acids is 1. The Morgan fingerprint density at radius 1 is 0.283 bits per heavy atom. The van der Waals surface area contributed by atoms with Crippen molar-refractivity contribution in [1.29, 1.82) is 0 Å². The van der Waals surface area contributed by atoms with Crippen molar-refractivity contribution in [3.8, 4) is 0 Å². The van der Waals surface area contributed by atoms with E-state index in [1.54, 1.807) is 0 Å². The number of hydrogen-bond acceptors (Lipinski definition) is 42. The van der Waals surface area contributed by atoms with E-state index in [2.05, 4.69) is 0 Å². The third kappa shape index (κ3) is 17.2. The average Bonchev–Trinajstić information content (AvgIpc) is 0.783. The smallest absolute Gasteiger partial charge is 0.550 e. The van der Waals surface area contributed by atoms with Gasteiger partial charge in [-0.2, -0.15) is 0 Å². The Kier molecular flexibility index (Phi) is 29.2. The van der Waals surface area contributed by atoms with Crippen molar-refractivity contribution >= 4 is 17.7 Å². The minimum absolute atomic E-state index is 0. The first-order valence-electron chi connectivity index (χ1n) is 31.2. The zero-order chi connectivity index (χ0) is 71.0. The number of carboxylic acid groups (broad SMARTS) is 1. The molecule has 40 atom stereocenters. The zero-order valence-corrected chi connectivity index (χ0v) is 55.1. The summed E-state index contributed by atoms with van der Waals surface area (Å²) in [5.41, 5.74) is 0.350. The summed E-state index contributed by atoms with van der Waals surface area (Å²) < 4.78 is 92.9. The SMILES string of the molecule is O=C([O-])Cc1ccc(SCC2O[C@@H]3O[C@@H]4C(CO)O[C@H](O[C@@H]5C(CO)O[C@H](O[C@@H]6C(CO)O[C@H](O[C@@H]7C(CO)O[C@H](O[C@@H]8C(CO)O[C@H](O[C@@H]9C(CO)O[C@H](O[C@@H]%10C(CO)O[C@H](O[C@H]2C(O)C3O)C(O)C%10O)C(O)C9O)C(O)C8O)C(O)C7O)C(O)C6O)C(O)C5O)C(O)C4O)cc1.[Na+]. The summed E-state index contributed by atoms with van der Waals surface area (Å²) in [6, 6.07) is 5.94. The summed E-state index contributed by atoms with van der Waals surface area (Å²) in [5.74, 6) is -1.67. The Morgan fingerprint density at radius 3 is 0.626 bits per heavy atom. The molecule has 0 aliphatic carbocycles. The van der Waals surface area contributed by atoms with Gasteiger partial charge in [-0.25, -0.2) is 0 Å². The van der Waals surface area contributed by atoms with Crippen LogP contribution in [0.15, 0.2) is 29.2 Å². The summed E-state index contributed by atoms with van der Waals surface area (Å²) in [6.45, 7) is -7.63. The second-order valence-electron chi connectivity index (χ2n) is 24.8. The van der Waals surface area contributed by atoms with E-state index < -0.39 is 304 Å². The molecule has 16 bridgehead atoms. The van der Waals surface area contributed by atoms with Gasteiger partial charge >= 0.3 is 29.6 Å². The van der Waals surface area contributed by atoms with Gasteiger partial charge in [0.05, 0.1) is 52.4 Å². The molecule has 43 heteroatoms. The fourth-order valence-corrected chi connectivity index (χ4v) is 13.9. The van der Waals surface area contributed by atoms with Gasteiger partial charge in [0.25, 0.3) is 0 Å². The van der Waals surface area contributed by atoms with Gasteiger partial charge in [-0.05, 0) is 17.7 Å². The molecule has 0 amide bonds. The number of thioether (sulfide) groups is 1. The fraction of sp³-hybridized carbons (Fsp3) is 0.875. The molecule has 30 aliphatic rings. The normalized spacial score (nSPS) is 50.3. The van der Waals surface area contributed by atoms with Crippen LogP contribution in [-0.4, -0.2) is 421 Å². The van der Waals surface area contributed by atoms with Crippen LogP contribution < -0.4 is 34.7 Å². The summed E-state index contributed by atoms with van der Waals surface area (Å²) in [7, 11) is 0. The zero-order valence-electron chi connectivity index (χ0n) is 52.3. The van der Waals surface area contributed by atoms with Crippen LogP contribution in [0.2, 0.25) is 0 Å². The molecule has 30 aliphatic heterocycles. The number of aliphatic hydroxyl groups excluding tert-OH is 23. The minimum Gasteiger partial charge on any atom is -0.550 e. The van der Waals surface area contributed by atoms with Gasteiger partial charge in [0.2, 0.25) is 0 Å². The molecule has 24 unspecified atom stereocenters. The fourth-order valence-electron chi connectivity index (χ4n) is 12.9. The number of ether oxygens (including phenoxy) is 16. The van der Waals surface area contributed by atoms with Crippen molar-refractivity contribution < 1.29 is 233 Å². The minimum atomic E-state index is -2.27. The first kappa shape index (κ1) is 81.6. The number of aliphatic hydroxyl groups is 23. The van der Waals surface area contributed by atoms with Crippen LogP contribution >= 0.6 is 11.8 Å². The summed E-state index contributed by atoms with van der Waals surface area (Å²) in [6.07, 6.45) is -82.6. The number of rotatable bonds is 12. The van der Waals surface area contributed by atoms with E-state index in [-0.39, 0.29) is 35.3 Å². The largest absolute Gasteiger partial charge is 1.00 e. The molecule has 0 radical (unpaired) electrons. The Balaban J connectivity index is 0.0000114. The second-order valence-corrected chi connectivity index (χ2v) is 25.9. The Labute approximate surface area is 586 Å². The molecule has 1 aromatic rings. The number of carbonyl (C=O) groups is 1. The first-order chi connectivity index (χ1) is 46.7. The van der Waals surface area contributed by atoms with Crippen molar-refractivity contribution in [1.82, 2.24) is 0 Å². The Bertz CT molecular complexity index is 2640. The molecule has 0 aromatic heterocycles. The molecule has 23 N–H and O–H groups in total. The van der Waals surface area contributed by atoms with Crippen molar-refractivity contribution in [3.63, 3.8) is 0 Å². The van der Waals surface area contributed by atoms with Crippen LogP contribution in [0.1, 0.15) is 5.56 Å². The summed E-state index contributed by atoms with van der Waals surface area (Å²) >= 11 is 0.984. The number of carbonyl (C=O) groups excluding carboxylic acids is 1. The average molecular weight is 1470 g/mol. The topological polar surface area (TPSA) is 653 Å². The van der Waals surface area contributed by atoms with Crippen molar-refractivity contribution in [2.24, 2.45) is 0 Å². The van der Waals surface area contributed by atoms with Gasteiger partial charge in [0.1, 0.15) is 189 Å². The number of hydrogen-bond donors (Lipinski definition) is 23. The molecular weight excluding hydrogens is 1380 g/mol. The van der Waals surface area contributed by atoms with Crippen LogP contribution in [0.5, 0.6) is 0 Å². The van der Waals surface area contributed by atoms with Gasteiger partial charge in [-0.3, -0.25) is 0 Å². The predicted molar refractivity (Wildman–Crippen MR) is 300 cm³/mol. The van der Waals surface area contributed by atoms with Gasteiger partial charge < -0.3 is 203 Å². The van der Waals surface area contributed by atoms with Crippen LogP contribution in [0.4, 0.5) is 0 Å². The van der Waals surface area contributed by atoms with E-state index in [0.717, 1.165) is 11.8 Å². The van der Waals surface area contributed by atoms with Crippen molar-refractivity contribution in [2.45, 2.75) is 257 Å². The first-order valence-corrected chi connectivity index (χ1v) is 32.2. The molecule has 30 fully saturated rings. The molecule has 30 heterocycles. The van der Waals surface area contributed by atoms with Crippen LogP contribution in [0.25, 0.3) is 0 Å². The van der Waals surface area contributed by atoms with E-state index in [4.69, 9.17) is 75.8 Å².